The monoisotopic (exact) mass is 453 g/mol. The molecule has 32 heavy (non-hydrogen) atoms. The van der Waals surface area contributed by atoms with Crippen molar-refractivity contribution in [2.75, 3.05) is 6.54 Å². The maximum Gasteiger partial charge on any atom is 0.271 e. The Morgan fingerprint density at radius 3 is 2.66 bits per heavy atom. The second-order valence-corrected chi connectivity index (χ2v) is 8.47. The second kappa shape index (κ2) is 8.69. The van der Waals surface area contributed by atoms with Crippen LogP contribution in [0.3, 0.4) is 0 Å². The molecular formula is C20H19N7O4S. The molecule has 0 fully saturated rings. The normalized spacial score (nSPS) is 11.4. The van der Waals surface area contributed by atoms with Gasteiger partial charge in [0.2, 0.25) is 10.0 Å². The predicted molar refractivity (Wildman–Crippen MR) is 113 cm³/mol. The van der Waals surface area contributed by atoms with Crippen molar-refractivity contribution in [3.05, 3.63) is 72.2 Å². The van der Waals surface area contributed by atoms with Crippen LogP contribution in [0.2, 0.25) is 0 Å². The van der Waals surface area contributed by atoms with Gasteiger partial charge >= 0.3 is 0 Å². The summed E-state index contributed by atoms with van der Waals surface area (Å²) in [5, 5.41) is 11.6. The Bertz CT molecular complexity index is 1360. The fourth-order valence-corrected chi connectivity index (χ4v) is 3.44. The molecule has 0 radical (unpaired) electrons. The van der Waals surface area contributed by atoms with E-state index in [1.54, 1.807) is 48.1 Å². The summed E-state index contributed by atoms with van der Waals surface area (Å²) in [4.78, 5) is 25.1. The molecule has 0 aliphatic heterocycles. The Balaban J connectivity index is 1.38. The molecular weight excluding hydrogens is 434 g/mol. The largest absolute Gasteiger partial charge is 0.350 e. The van der Waals surface area contributed by atoms with Crippen LogP contribution < -0.4 is 10.5 Å². The average molecular weight is 453 g/mol. The van der Waals surface area contributed by atoms with Gasteiger partial charge in [-0.1, -0.05) is 17.3 Å². The quantitative estimate of drug-likeness (QED) is 0.423. The molecule has 3 N–H and O–H groups in total. The molecule has 0 bridgehead atoms. The number of sulfonamides is 1. The van der Waals surface area contributed by atoms with Gasteiger partial charge in [-0.15, -0.1) is 0 Å². The van der Waals surface area contributed by atoms with E-state index in [1.807, 2.05) is 0 Å². The number of nitrogens with zero attached hydrogens (tertiary/aromatic N) is 5. The Morgan fingerprint density at radius 2 is 1.97 bits per heavy atom. The highest BCUT2D eigenvalue weighted by Crippen LogP contribution is 2.19. The number of primary sulfonamides is 1. The number of imidazole rings is 1. The molecule has 0 saturated heterocycles. The SMILES string of the molecule is Cc1noc(-c2ccnc(-n3cnc(C(=O)NCCc4ccc(S(N)(=O)=O)cc4)c3)c2)n1. The van der Waals surface area contributed by atoms with Crippen LogP contribution in [-0.4, -0.2) is 45.5 Å². The van der Waals surface area contributed by atoms with Gasteiger partial charge in [-0.05, 0) is 43.2 Å². The smallest absolute Gasteiger partial charge is 0.271 e. The van der Waals surface area contributed by atoms with Crippen LogP contribution in [0.25, 0.3) is 17.3 Å². The summed E-state index contributed by atoms with van der Waals surface area (Å²) in [6.07, 6.45) is 5.18. The number of aromatic nitrogens is 5. The lowest BCUT2D eigenvalue weighted by atomic mass is 10.1. The summed E-state index contributed by atoms with van der Waals surface area (Å²) >= 11 is 0. The van der Waals surface area contributed by atoms with Gasteiger partial charge in [0.05, 0.1) is 4.90 Å². The Labute approximate surface area is 183 Å². The number of aryl methyl sites for hydroxylation is 1. The van der Waals surface area contributed by atoms with E-state index in [0.717, 1.165) is 5.56 Å². The molecule has 3 heterocycles. The summed E-state index contributed by atoms with van der Waals surface area (Å²) < 4.78 is 29.4. The second-order valence-electron chi connectivity index (χ2n) is 6.91. The molecule has 164 valence electrons. The van der Waals surface area contributed by atoms with Crippen LogP contribution in [0.5, 0.6) is 0 Å². The van der Waals surface area contributed by atoms with E-state index in [0.29, 0.717) is 36.1 Å². The maximum absolute atomic E-state index is 12.4. The topological polar surface area (TPSA) is 159 Å². The standard InChI is InChI=1S/C20H19N7O4S/c1-13-25-20(31-26-13)15-7-9-22-18(10-15)27-11-17(24-12-27)19(28)23-8-6-14-2-4-16(5-3-14)32(21,29)30/h2-5,7,9-12H,6,8H2,1H3,(H,23,28)(H2,21,29,30). The summed E-state index contributed by atoms with van der Waals surface area (Å²) in [5.74, 6) is 1.11. The first-order valence-electron chi connectivity index (χ1n) is 9.50. The molecule has 12 heteroatoms. The van der Waals surface area contributed by atoms with Crippen molar-refractivity contribution in [1.29, 1.82) is 0 Å². The minimum Gasteiger partial charge on any atom is -0.350 e. The average Bonchev–Trinajstić information content (AvgIpc) is 3.43. The van der Waals surface area contributed by atoms with Gasteiger partial charge < -0.3 is 9.84 Å². The van der Waals surface area contributed by atoms with Crippen molar-refractivity contribution in [1.82, 2.24) is 30.0 Å². The van der Waals surface area contributed by atoms with Crippen LogP contribution in [-0.2, 0) is 16.4 Å². The highest BCUT2D eigenvalue weighted by atomic mass is 32.2. The fraction of sp³-hybridized carbons (Fsp3) is 0.150. The van der Waals surface area contributed by atoms with Crippen LogP contribution in [0, 0.1) is 6.92 Å². The zero-order chi connectivity index (χ0) is 22.7. The highest BCUT2D eigenvalue weighted by molar-refractivity contribution is 7.89. The van der Waals surface area contributed by atoms with Crippen LogP contribution in [0.15, 0.2) is 64.5 Å². The zero-order valence-electron chi connectivity index (χ0n) is 17.0. The predicted octanol–water partition coefficient (Wildman–Crippen LogP) is 1.25. The van der Waals surface area contributed by atoms with Gasteiger partial charge in [0.25, 0.3) is 11.8 Å². The third-order valence-electron chi connectivity index (χ3n) is 4.55. The first-order chi connectivity index (χ1) is 15.3. The molecule has 4 rings (SSSR count). The van der Waals surface area contributed by atoms with Crippen molar-refractivity contribution in [3.8, 4) is 17.3 Å². The molecule has 0 spiro atoms. The van der Waals surface area contributed by atoms with Crippen molar-refractivity contribution < 1.29 is 17.7 Å². The van der Waals surface area contributed by atoms with Crippen molar-refractivity contribution in [2.24, 2.45) is 5.14 Å². The zero-order valence-corrected chi connectivity index (χ0v) is 17.8. The van der Waals surface area contributed by atoms with Gasteiger partial charge in [0, 0.05) is 24.5 Å². The Morgan fingerprint density at radius 1 is 1.19 bits per heavy atom. The Hall–Kier alpha value is -3.90. The number of carbonyl (C=O) groups is 1. The minimum absolute atomic E-state index is 0.0442. The molecule has 11 nitrogen and oxygen atoms in total. The number of pyridine rings is 1. The molecule has 1 aromatic carbocycles. The molecule has 0 unspecified atom stereocenters. The molecule has 3 aromatic heterocycles. The summed E-state index contributed by atoms with van der Waals surface area (Å²) in [6.45, 7) is 2.08. The number of amides is 1. The maximum atomic E-state index is 12.4. The number of benzene rings is 1. The third kappa shape index (κ3) is 4.87. The lowest BCUT2D eigenvalue weighted by molar-refractivity contribution is 0.0949. The molecule has 0 aliphatic carbocycles. The van der Waals surface area contributed by atoms with Gasteiger partial charge in [0.1, 0.15) is 17.8 Å². The lowest BCUT2D eigenvalue weighted by Crippen LogP contribution is -2.26. The minimum atomic E-state index is -3.72. The van der Waals surface area contributed by atoms with Crippen molar-refractivity contribution >= 4 is 15.9 Å². The van der Waals surface area contributed by atoms with E-state index in [2.05, 4.69) is 25.4 Å². The number of nitrogens with one attached hydrogen (secondary N) is 1. The van der Waals surface area contributed by atoms with Gasteiger partial charge in [-0.2, -0.15) is 4.98 Å². The van der Waals surface area contributed by atoms with Crippen molar-refractivity contribution in [3.63, 3.8) is 0 Å². The fourth-order valence-electron chi connectivity index (χ4n) is 2.93. The lowest BCUT2D eigenvalue weighted by Gasteiger charge is -2.05. The van der Waals surface area contributed by atoms with E-state index in [-0.39, 0.29) is 16.5 Å². The van der Waals surface area contributed by atoms with Gasteiger partial charge in [-0.3, -0.25) is 9.36 Å². The summed E-state index contributed by atoms with van der Waals surface area (Å²) in [5.41, 5.74) is 1.79. The number of rotatable bonds is 7. The van der Waals surface area contributed by atoms with Crippen LogP contribution in [0.1, 0.15) is 21.9 Å². The molecule has 1 amide bonds. The Kier molecular flexibility index (Phi) is 5.79. The van der Waals surface area contributed by atoms with E-state index in [1.165, 1.54) is 18.5 Å². The molecule has 4 aromatic rings. The number of carbonyl (C=O) groups excluding carboxylic acids is 1. The van der Waals surface area contributed by atoms with E-state index in [9.17, 15) is 13.2 Å². The number of hydrogen-bond acceptors (Lipinski definition) is 8. The first-order valence-corrected chi connectivity index (χ1v) is 11.1. The van der Waals surface area contributed by atoms with E-state index >= 15 is 0 Å². The molecule has 0 aliphatic rings. The van der Waals surface area contributed by atoms with E-state index in [4.69, 9.17) is 9.66 Å². The molecule has 0 saturated carbocycles. The van der Waals surface area contributed by atoms with Crippen LogP contribution >= 0.6 is 0 Å². The first kappa shape index (κ1) is 21.3. The van der Waals surface area contributed by atoms with Gasteiger partial charge in [0.15, 0.2) is 5.82 Å². The molecule has 0 atom stereocenters. The summed E-state index contributed by atoms with van der Waals surface area (Å²) in [7, 11) is -3.72. The van der Waals surface area contributed by atoms with Gasteiger partial charge in [-0.25, -0.2) is 23.5 Å². The van der Waals surface area contributed by atoms with E-state index < -0.39 is 10.0 Å². The number of nitrogens with two attached hydrogens (primary N) is 1. The highest BCUT2D eigenvalue weighted by Gasteiger charge is 2.13. The summed E-state index contributed by atoms with van der Waals surface area (Å²) in [6, 6.07) is 9.68. The number of hydrogen-bond donors (Lipinski definition) is 2. The van der Waals surface area contributed by atoms with Crippen molar-refractivity contribution in [2.45, 2.75) is 18.2 Å². The van der Waals surface area contributed by atoms with Crippen LogP contribution in [0.4, 0.5) is 0 Å². The third-order valence-corrected chi connectivity index (χ3v) is 5.48.